The number of aromatic nitrogens is 1. The molecule has 0 atom stereocenters. The van der Waals surface area contributed by atoms with Crippen molar-refractivity contribution in [3.63, 3.8) is 0 Å². The van der Waals surface area contributed by atoms with E-state index in [1.807, 2.05) is 0 Å². The molecule has 142 valence electrons. The van der Waals surface area contributed by atoms with E-state index in [9.17, 15) is 14.5 Å². The van der Waals surface area contributed by atoms with E-state index >= 15 is 0 Å². The highest BCUT2D eigenvalue weighted by molar-refractivity contribution is 5.84. The van der Waals surface area contributed by atoms with Crippen LogP contribution in [-0.4, -0.2) is 16.1 Å². The van der Waals surface area contributed by atoms with Gasteiger partial charge in [-0.05, 0) is 54.1 Å². The topological polar surface area (TPSA) is 81.5 Å². The zero-order valence-corrected chi connectivity index (χ0v) is 15.0. The van der Waals surface area contributed by atoms with E-state index in [4.69, 9.17) is 4.42 Å². The second-order valence-electron chi connectivity index (χ2n) is 6.17. The summed E-state index contributed by atoms with van der Waals surface area (Å²) < 4.78 is 18.8. The van der Waals surface area contributed by atoms with Crippen molar-refractivity contribution in [2.24, 2.45) is 4.99 Å². The van der Waals surface area contributed by atoms with Gasteiger partial charge in [-0.2, -0.15) is 0 Å². The van der Waals surface area contributed by atoms with Crippen LogP contribution in [0, 0.1) is 15.9 Å². The summed E-state index contributed by atoms with van der Waals surface area (Å²) in [5.41, 5.74) is 3.36. The smallest absolute Gasteiger partial charge is 0.270 e. The number of allylic oxidation sites excluding steroid dienone is 1. The summed E-state index contributed by atoms with van der Waals surface area (Å²) in [5, 5.41) is 10.8. The van der Waals surface area contributed by atoms with Gasteiger partial charge in [0.25, 0.3) is 5.69 Å². The predicted octanol–water partition coefficient (Wildman–Crippen LogP) is 5.96. The van der Waals surface area contributed by atoms with Crippen LogP contribution in [0.1, 0.15) is 5.56 Å². The normalized spacial score (nSPS) is 11.6. The van der Waals surface area contributed by atoms with Crippen LogP contribution in [0.15, 0.2) is 82.2 Å². The number of hydrogen-bond acceptors (Lipinski definition) is 5. The number of nitrogens with zero attached hydrogens (tertiary/aromatic N) is 3. The van der Waals surface area contributed by atoms with Gasteiger partial charge in [0.1, 0.15) is 11.3 Å². The van der Waals surface area contributed by atoms with Gasteiger partial charge in [0.15, 0.2) is 5.58 Å². The molecule has 0 aliphatic heterocycles. The summed E-state index contributed by atoms with van der Waals surface area (Å²) in [6.45, 7) is 0. The highest BCUT2D eigenvalue weighted by Gasteiger charge is 2.08. The average Bonchev–Trinajstić information content (AvgIpc) is 3.15. The Bertz CT molecular complexity index is 1240. The van der Waals surface area contributed by atoms with Crippen molar-refractivity contribution in [2.45, 2.75) is 0 Å². The van der Waals surface area contributed by atoms with Gasteiger partial charge in [-0.1, -0.05) is 18.2 Å². The van der Waals surface area contributed by atoms with E-state index in [0.717, 1.165) is 0 Å². The lowest BCUT2D eigenvalue weighted by molar-refractivity contribution is -0.384. The van der Waals surface area contributed by atoms with Gasteiger partial charge in [-0.25, -0.2) is 9.37 Å². The van der Waals surface area contributed by atoms with E-state index in [-0.39, 0.29) is 11.5 Å². The molecule has 0 spiro atoms. The number of nitro benzene ring substituents is 1. The first-order valence-corrected chi connectivity index (χ1v) is 8.70. The van der Waals surface area contributed by atoms with Crippen LogP contribution in [-0.2, 0) is 0 Å². The maximum atomic E-state index is 13.1. The molecular formula is C22H14FN3O3. The zero-order chi connectivity index (χ0) is 20.2. The van der Waals surface area contributed by atoms with Crippen LogP contribution < -0.4 is 0 Å². The predicted molar refractivity (Wildman–Crippen MR) is 110 cm³/mol. The monoisotopic (exact) mass is 387 g/mol. The number of nitro groups is 1. The highest BCUT2D eigenvalue weighted by Crippen LogP contribution is 2.27. The fraction of sp³-hybridized carbons (Fsp3) is 0. The molecule has 7 heteroatoms. The number of benzene rings is 3. The van der Waals surface area contributed by atoms with Crippen LogP contribution in [0.4, 0.5) is 15.8 Å². The van der Waals surface area contributed by atoms with E-state index in [0.29, 0.717) is 33.8 Å². The van der Waals surface area contributed by atoms with Gasteiger partial charge >= 0.3 is 0 Å². The number of oxazole rings is 1. The number of rotatable bonds is 5. The number of non-ortho nitro benzene ring substituents is 1. The lowest BCUT2D eigenvalue weighted by Gasteiger charge is -1.93. The Labute approximate surface area is 164 Å². The maximum Gasteiger partial charge on any atom is 0.270 e. The van der Waals surface area contributed by atoms with Crippen molar-refractivity contribution in [1.82, 2.24) is 4.98 Å². The molecule has 0 aliphatic rings. The summed E-state index contributed by atoms with van der Waals surface area (Å²) in [7, 11) is 0. The molecule has 1 aromatic heterocycles. The van der Waals surface area contributed by atoms with E-state index in [2.05, 4.69) is 9.98 Å². The summed E-state index contributed by atoms with van der Waals surface area (Å²) in [5.74, 6) is 0.0892. The van der Waals surface area contributed by atoms with Crippen LogP contribution in [0.2, 0.25) is 0 Å². The van der Waals surface area contributed by atoms with Gasteiger partial charge in [0.05, 0.1) is 10.6 Å². The third-order valence-electron chi connectivity index (χ3n) is 4.14. The molecule has 0 amide bonds. The van der Waals surface area contributed by atoms with Crippen molar-refractivity contribution in [3.8, 4) is 11.5 Å². The number of fused-ring (bicyclic) bond motifs is 1. The first-order valence-electron chi connectivity index (χ1n) is 8.70. The molecule has 4 aromatic rings. The molecule has 0 unspecified atom stereocenters. The number of aliphatic imine (C=N–C) groups is 1. The molecule has 6 nitrogen and oxygen atoms in total. The molecule has 0 saturated heterocycles. The van der Waals surface area contributed by atoms with Crippen molar-refractivity contribution < 1.29 is 13.7 Å². The fourth-order valence-corrected chi connectivity index (χ4v) is 2.74. The van der Waals surface area contributed by atoms with E-state index in [1.54, 1.807) is 60.8 Å². The van der Waals surface area contributed by atoms with Gasteiger partial charge in [0.2, 0.25) is 5.89 Å². The summed E-state index contributed by atoms with van der Waals surface area (Å²) >= 11 is 0. The molecule has 29 heavy (non-hydrogen) atoms. The van der Waals surface area contributed by atoms with Crippen molar-refractivity contribution in [3.05, 3.63) is 94.3 Å². The Morgan fingerprint density at radius 3 is 2.69 bits per heavy atom. The van der Waals surface area contributed by atoms with Gasteiger partial charge in [0, 0.05) is 23.9 Å². The molecule has 0 radical (unpaired) electrons. The van der Waals surface area contributed by atoms with Crippen molar-refractivity contribution in [2.75, 3.05) is 0 Å². The minimum Gasteiger partial charge on any atom is -0.436 e. The van der Waals surface area contributed by atoms with Crippen molar-refractivity contribution >= 4 is 34.8 Å². The Morgan fingerprint density at radius 2 is 1.90 bits per heavy atom. The number of halogens is 1. The molecule has 3 aromatic carbocycles. The van der Waals surface area contributed by atoms with E-state index in [1.165, 1.54) is 24.3 Å². The Hall–Kier alpha value is -4.13. The lowest BCUT2D eigenvalue weighted by Crippen LogP contribution is -1.87. The minimum absolute atomic E-state index is 0.0394. The first kappa shape index (κ1) is 18.2. The Balaban J connectivity index is 1.51. The molecule has 0 aliphatic carbocycles. The summed E-state index contributed by atoms with van der Waals surface area (Å²) in [6, 6.07) is 17.6. The van der Waals surface area contributed by atoms with Crippen LogP contribution in [0.25, 0.3) is 28.6 Å². The largest absolute Gasteiger partial charge is 0.436 e. The second kappa shape index (κ2) is 7.85. The first-order chi connectivity index (χ1) is 14.1. The summed E-state index contributed by atoms with van der Waals surface area (Å²) in [6.07, 6.45) is 5.04. The van der Waals surface area contributed by atoms with Gasteiger partial charge < -0.3 is 4.42 Å². The third kappa shape index (κ3) is 4.24. The quantitative estimate of drug-likeness (QED) is 0.240. The highest BCUT2D eigenvalue weighted by atomic mass is 19.1. The Morgan fingerprint density at radius 1 is 1.07 bits per heavy atom. The number of hydrogen-bond donors (Lipinski definition) is 0. The van der Waals surface area contributed by atoms with Gasteiger partial charge in [-0.3, -0.25) is 15.1 Å². The fourth-order valence-electron chi connectivity index (χ4n) is 2.74. The average molecular weight is 387 g/mol. The van der Waals surface area contributed by atoms with E-state index < -0.39 is 4.92 Å². The zero-order valence-electron chi connectivity index (χ0n) is 15.0. The van der Waals surface area contributed by atoms with Crippen LogP contribution in [0.3, 0.4) is 0 Å². The second-order valence-corrected chi connectivity index (χ2v) is 6.17. The Kier molecular flexibility index (Phi) is 4.94. The maximum absolute atomic E-state index is 13.1. The molecule has 4 rings (SSSR count). The lowest BCUT2D eigenvalue weighted by atomic mass is 10.2. The summed E-state index contributed by atoms with van der Waals surface area (Å²) in [4.78, 5) is 19.2. The minimum atomic E-state index is -0.432. The van der Waals surface area contributed by atoms with Crippen LogP contribution >= 0.6 is 0 Å². The molecule has 0 fully saturated rings. The van der Waals surface area contributed by atoms with Crippen LogP contribution in [0.5, 0.6) is 0 Å². The van der Waals surface area contributed by atoms with Gasteiger partial charge in [-0.15, -0.1) is 0 Å². The third-order valence-corrected chi connectivity index (χ3v) is 4.14. The molecule has 0 saturated carbocycles. The SMILES string of the molecule is O=[N+]([O-])c1cccc(/C=C/C=Nc2ccc3oc(-c4ccc(F)cc4)nc3c2)c1. The molecule has 1 heterocycles. The molecular weight excluding hydrogens is 373 g/mol. The van der Waals surface area contributed by atoms with Crippen molar-refractivity contribution in [1.29, 1.82) is 0 Å². The molecule has 0 N–H and O–H groups in total. The standard InChI is InChI=1S/C22H14FN3O3/c23-17-8-6-16(7-9-17)22-25-20-14-18(10-11-21(20)29-22)24-12-2-4-15-3-1-5-19(13-15)26(27)28/h1-14H/b4-2+,24-12?. The molecule has 0 bridgehead atoms.